The minimum absolute atomic E-state index is 0.450. The minimum atomic E-state index is 0.450. The van der Waals surface area contributed by atoms with Crippen LogP contribution in [0.2, 0.25) is 0 Å². The summed E-state index contributed by atoms with van der Waals surface area (Å²) in [5.74, 6) is 0.468. The van der Waals surface area contributed by atoms with Crippen LogP contribution >= 0.6 is 15.9 Å². The molecule has 3 heteroatoms. The Hall–Kier alpha value is -0.410. The Morgan fingerprint density at radius 1 is 1.57 bits per heavy atom. The molecule has 1 N–H and O–H groups in total. The molecule has 0 radical (unpaired) electrons. The van der Waals surface area contributed by atoms with Crippen LogP contribution in [0.4, 0.5) is 0 Å². The molecule has 2 unspecified atom stereocenters. The third-order valence-electron chi connectivity index (χ3n) is 2.64. The molecule has 14 heavy (non-hydrogen) atoms. The van der Waals surface area contributed by atoms with Gasteiger partial charge in [0.25, 0.3) is 0 Å². The van der Waals surface area contributed by atoms with Crippen molar-refractivity contribution in [2.75, 3.05) is 7.05 Å². The summed E-state index contributed by atoms with van der Waals surface area (Å²) in [5, 5.41) is 3.28. The molecule has 0 spiro atoms. The van der Waals surface area contributed by atoms with Gasteiger partial charge in [-0.25, -0.2) is 0 Å². The van der Waals surface area contributed by atoms with Gasteiger partial charge in [-0.15, -0.1) is 0 Å². The average Bonchev–Trinajstić information content (AvgIpc) is 2.21. The van der Waals surface area contributed by atoms with Crippen molar-refractivity contribution in [2.24, 2.45) is 0 Å². The first kappa shape index (κ1) is 11.7. The van der Waals surface area contributed by atoms with Crippen molar-refractivity contribution in [1.29, 1.82) is 0 Å². The lowest BCUT2D eigenvalue weighted by molar-refractivity contribution is 0.473. The quantitative estimate of drug-likeness (QED) is 0.897. The zero-order valence-corrected chi connectivity index (χ0v) is 10.5. The largest absolute Gasteiger partial charge is 0.317 e. The topological polar surface area (TPSA) is 24.9 Å². The maximum absolute atomic E-state index is 4.43. The highest BCUT2D eigenvalue weighted by Crippen LogP contribution is 2.27. The van der Waals surface area contributed by atoms with Crippen molar-refractivity contribution in [3.63, 3.8) is 0 Å². The van der Waals surface area contributed by atoms with Crippen LogP contribution in [-0.2, 0) is 0 Å². The fourth-order valence-corrected chi connectivity index (χ4v) is 2.20. The maximum Gasteiger partial charge on any atom is 0.0591 e. The van der Waals surface area contributed by atoms with Gasteiger partial charge in [0.15, 0.2) is 0 Å². The summed E-state index contributed by atoms with van der Waals surface area (Å²) in [4.78, 5) is 4.43. The van der Waals surface area contributed by atoms with Crippen molar-refractivity contribution in [2.45, 2.75) is 32.2 Å². The van der Waals surface area contributed by atoms with Gasteiger partial charge in [0, 0.05) is 22.6 Å². The number of likely N-dealkylation sites (N-methyl/N-ethyl adjacent to an activating group) is 1. The van der Waals surface area contributed by atoms with Crippen LogP contribution in [0.25, 0.3) is 0 Å². The molecule has 1 heterocycles. The van der Waals surface area contributed by atoms with Gasteiger partial charge in [0.1, 0.15) is 0 Å². The van der Waals surface area contributed by atoms with E-state index in [0.29, 0.717) is 12.0 Å². The zero-order chi connectivity index (χ0) is 10.6. The summed E-state index contributed by atoms with van der Waals surface area (Å²) in [5.41, 5.74) is 1.15. The second kappa shape index (κ2) is 5.47. The predicted octanol–water partition coefficient (Wildman–Crippen LogP) is 2.95. The van der Waals surface area contributed by atoms with Crippen LogP contribution in [0.15, 0.2) is 22.8 Å². The number of pyridine rings is 1. The second-order valence-corrected chi connectivity index (χ2v) is 4.32. The van der Waals surface area contributed by atoms with Gasteiger partial charge < -0.3 is 5.32 Å². The van der Waals surface area contributed by atoms with E-state index in [1.165, 1.54) is 0 Å². The first-order valence-corrected chi connectivity index (χ1v) is 5.77. The monoisotopic (exact) mass is 256 g/mol. The molecule has 1 aromatic rings. The van der Waals surface area contributed by atoms with Crippen LogP contribution in [0, 0.1) is 0 Å². The van der Waals surface area contributed by atoms with Crippen LogP contribution in [0.3, 0.4) is 0 Å². The van der Waals surface area contributed by atoms with E-state index in [9.17, 15) is 0 Å². The Morgan fingerprint density at radius 2 is 2.29 bits per heavy atom. The summed E-state index contributed by atoms with van der Waals surface area (Å²) in [7, 11) is 1.99. The minimum Gasteiger partial charge on any atom is -0.317 e. The average molecular weight is 257 g/mol. The van der Waals surface area contributed by atoms with Crippen LogP contribution in [0.1, 0.15) is 31.9 Å². The van der Waals surface area contributed by atoms with Crippen molar-refractivity contribution in [1.82, 2.24) is 10.3 Å². The SMILES string of the molecule is CCC(c1ncccc1Br)C(C)NC. The van der Waals surface area contributed by atoms with Gasteiger partial charge >= 0.3 is 0 Å². The molecule has 78 valence electrons. The molecule has 0 bridgehead atoms. The molecule has 2 atom stereocenters. The van der Waals surface area contributed by atoms with Gasteiger partial charge in [0.2, 0.25) is 0 Å². The molecule has 0 amide bonds. The first-order valence-electron chi connectivity index (χ1n) is 4.98. The highest BCUT2D eigenvalue weighted by atomic mass is 79.9. The normalized spacial score (nSPS) is 15.1. The third kappa shape index (κ3) is 2.55. The van der Waals surface area contributed by atoms with Gasteiger partial charge in [-0.05, 0) is 48.5 Å². The molecular formula is C11H17BrN2. The molecule has 0 fully saturated rings. The van der Waals surface area contributed by atoms with Crippen molar-refractivity contribution in [3.8, 4) is 0 Å². The predicted molar refractivity (Wildman–Crippen MR) is 63.5 cm³/mol. The van der Waals surface area contributed by atoms with E-state index >= 15 is 0 Å². The number of nitrogens with one attached hydrogen (secondary N) is 1. The van der Waals surface area contributed by atoms with E-state index in [-0.39, 0.29) is 0 Å². The summed E-state index contributed by atoms with van der Waals surface area (Å²) in [6.45, 7) is 4.38. The number of aromatic nitrogens is 1. The van der Waals surface area contributed by atoms with Crippen molar-refractivity contribution < 1.29 is 0 Å². The molecule has 1 aromatic heterocycles. The van der Waals surface area contributed by atoms with Crippen LogP contribution < -0.4 is 5.32 Å². The summed E-state index contributed by atoms with van der Waals surface area (Å²) in [6, 6.07) is 4.45. The standard InChI is InChI=1S/C11H17BrN2/c1-4-9(8(2)13-3)11-10(12)6-5-7-14-11/h5-9,13H,4H2,1-3H3. The Bertz CT molecular complexity index is 288. The van der Waals surface area contributed by atoms with E-state index in [2.05, 4.69) is 40.1 Å². The third-order valence-corrected chi connectivity index (χ3v) is 3.31. The van der Waals surface area contributed by atoms with Crippen LogP contribution in [-0.4, -0.2) is 18.1 Å². The maximum atomic E-state index is 4.43. The molecule has 1 rings (SSSR count). The lowest BCUT2D eigenvalue weighted by atomic mass is 9.94. The lowest BCUT2D eigenvalue weighted by Gasteiger charge is -2.22. The molecule has 0 aliphatic rings. The Balaban J connectivity index is 2.94. The van der Waals surface area contributed by atoms with Crippen LogP contribution in [0.5, 0.6) is 0 Å². The first-order chi connectivity index (χ1) is 6.70. The molecule has 0 saturated carbocycles. The van der Waals surface area contributed by atoms with Gasteiger partial charge in [-0.1, -0.05) is 6.92 Å². The van der Waals surface area contributed by atoms with Gasteiger partial charge in [-0.2, -0.15) is 0 Å². The highest BCUT2D eigenvalue weighted by molar-refractivity contribution is 9.10. The molecule has 0 saturated heterocycles. The van der Waals surface area contributed by atoms with Crippen molar-refractivity contribution in [3.05, 3.63) is 28.5 Å². The lowest BCUT2D eigenvalue weighted by Crippen LogP contribution is -2.29. The fraction of sp³-hybridized carbons (Fsp3) is 0.545. The molecule has 2 nitrogen and oxygen atoms in total. The highest BCUT2D eigenvalue weighted by Gasteiger charge is 2.19. The molecular weight excluding hydrogens is 240 g/mol. The fourth-order valence-electron chi connectivity index (χ4n) is 1.66. The summed E-state index contributed by atoms with van der Waals surface area (Å²) >= 11 is 3.54. The number of hydrogen-bond acceptors (Lipinski definition) is 2. The number of nitrogens with zero attached hydrogens (tertiary/aromatic N) is 1. The Morgan fingerprint density at radius 3 is 2.79 bits per heavy atom. The Labute approximate surface area is 94.3 Å². The van der Waals surface area contributed by atoms with E-state index in [0.717, 1.165) is 16.6 Å². The second-order valence-electron chi connectivity index (χ2n) is 3.46. The number of rotatable bonds is 4. The Kier molecular flexibility index (Phi) is 4.55. The molecule has 0 aromatic carbocycles. The smallest absolute Gasteiger partial charge is 0.0591 e. The zero-order valence-electron chi connectivity index (χ0n) is 8.92. The van der Waals surface area contributed by atoms with Crippen molar-refractivity contribution >= 4 is 15.9 Å². The van der Waals surface area contributed by atoms with E-state index in [1.54, 1.807) is 0 Å². The number of halogens is 1. The molecule has 0 aliphatic carbocycles. The van der Waals surface area contributed by atoms with Gasteiger partial charge in [-0.3, -0.25) is 4.98 Å². The summed E-state index contributed by atoms with van der Waals surface area (Å²) < 4.78 is 1.11. The van der Waals surface area contributed by atoms with E-state index in [4.69, 9.17) is 0 Å². The summed E-state index contributed by atoms with van der Waals surface area (Å²) in [6.07, 6.45) is 2.95. The van der Waals surface area contributed by atoms with E-state index < -0.39 is 0 Å². The van der Waals surface area contributed by atoms with E-state index in [1.807, 2.05) is 25.4 Å². The van der Waals surface area contributed by atoms with Gasteiger partial charge in [0.05, 0.1) is 5.69 Å². The molecule has 0 aliphatic heterocycles. The number of hydrogen-bond donors (Lipinski definition) is 1.